The van der Waals surface area contributed by atoms with Gasteiger partial charge >= 0.3 is 0 Å². The van der Waals surface area contributed by atoms with Crippen molar-refractivity contribution in [1.29, 1.82) is 0 Å². The van der Waals surface area contributed by atoms with E-state index in [0.29, 0.717) is 6.54 Å². The highest BCUT2D eigenvalue weighted by atomic mass is 19.1. The summed E-state index contributed by atoms with van der Waals surface area (Å²) in [5.74, 6) is 0.713. The number of fused-ring (bicyclic) bond motifs is 1. The molecule has 25 heavy (non-hydrogen) atoms. The summed E-state index contributed by atoms with van der Waals surface area (Å²) in [5.41, 5.74) is 2.46. The molecule has 0 bridgehead atoms. The van der Waals surface area contributed by atoms with Crippen LogP contribution in [0.25, 0.3) is 11.0 Å². The number of H-pyrrole nitrogens is 1. The number of benzene rings is 2. The fourth-order valence-corrected chi connectivity index (χ4v) is 3.29. The van der Waals surface area contributed by atoms with Crippen LogP contribution in [0, 0.1) is 5.82 Å². The van der Waals surface area contributed by atoms with Gasteiger partial charge in [0, 0.05) is 13.0 Å². The van der Waals surface area contributed by atoms with Gasteiger partial charge in [-0.25, -0.2) is 9.37 Å². The van der Waals surface area contributed by atoms with Gasteiger partial charge in [-0.1, -0.05) is 24.3 Å². The third-order valence-electron chi connectivity index (χ3n) is 4.90. The van der Waals surface area contributed by atoms with E-state index in [4.69, 9.17) is 0 Å². The Labute approximate surface area is 145 Å². The highest BCUT2D eigenvalue weighted by Gasteiger charge is 2.50. The topological polar surface area (TPSA) is 57.8 Å². The van der Waals surface area contributed by atoms with Gasteiger partial charge in [0.1, 0.15) is 11.6 Å². The fraction of sp³-hybridized carbons (Fsp3) is 0.300. The summed E-state index contributed by atoms with van der Waals surface area (Å²) in [6.45, 7) is 0.610. The van der Waals surface area contributed by atoms with Gasteiger partial charge in [0.2, 0.25) is 5.91 Å². The van der Waals surface area contributed by atoms with E-state index in [2.05, 4.69) is 15.3 Å². The third-order valence-corrected chi connectivity index (χ3v) is 4.90. The van der Waals surface area contributed by atoms with Gasteiger partial charge in [0.05, 0.1) is 16.4 Å². The monoisotopic (exact) mass is 337 g/mol. The number of carbonyl (C=O) groups is 1. The Morgan fingerprint density at radius 1 is 1.16 bits per heavy atom. The fourth-order valence-electron chi connectivity index (χ4n) is 3.29. The average Bonchev–Trinajstić information content (AvgIpc) is 3.33. The van der Waals surface area contributed by atoms with Gasteiger partial charge in [-0.3, -0.25) is 4.79 Å². The molecule has 4 nitrogen and oxygen atoms in total. The first-order valence-electron chi connectivity index (χ1n) is 8.65. The second kappa shape index (κ2) is 6.31. The molecule has 2 N–H and O–H groups in total. The van der Waals surface area contributed by atoms with Crippen molar-refractivity contribution >= 4 is 16.9 Å². The van der Waals surface area contributed by atoms with Crippen molar-refractivity contribution in [2.45, 2.75) is 31.1 Å². The number of rotatable bonds is 6. The van der Waals surface area contributed by atoms with E-state index < -0.39 is 5.41 Å². The molecular formula is C20H20FN3O. The molecule has 0 spiro atoms. The Morgan fingerprint density at radius 2 is 1.92 bits per heavy atom. The first-order valence-corrected chi connectivity index (χ1v) is 8.65. The maximum Gasteiger partial charge on any atom is 0.230 e. The lowest BCUT2D eigenvalue weighted by atomic mass is 9.95. The van der Waals surface area contributed by atoms with Crippen molar-refractivity contribution in [3.05, 3.63) is 65.7 Å². The Morgan fingerprint density at radius 3 is 2.64 bits per heavy atom. The smallest absolute Gasteiger partial charge is 0.230 e. The summed E-state index contributed by atoms with van der Waals surface area (Å²) >= 11 is 0. The molecule has 0 aliphatic heterocycles. The number of halogens is 1. The predicted molar refractivity (Wildman–Crippen MR) is 94.7 cm³/mol. The summed E-state index contributed by atoms with van der Waals surface area (Å²) in [7, 11) is 0. The zero-order valence-corrected chi connectivity index (χ0v) is 13.9. The zero-order valence-electron chi connectivity index (χ0n) is 13.9. The molecule has 1 saturated carbocycles. The van der Waals surface area contributed by atoms with E-state index in [-0.39, 0.29) is 11.7 Å². The molecular weight excluding hydrogens is 317 g/mol. The van der Waals surface area contributed by atoms with Crippen LogP contribution in [0.5, 0.6) is 0 Å². The summed E-state index contributed by atoms with van der Waals surface area (Å²) in [6, 6.07) is 14.2. The number of nitrogens with zero attached hydrogens (tertiary/aromatic N) is 1. The lowest BCUT2D eigenvalue weighted by Crippen LogP contribution is -2.35. The van der Waals surface area contributed by atoms with Crippen molar-refractivity contribution in [3.63, 3.8) is 0 Å². The number of aromatic nitrogens is 2. The Balaban J connectivity index is 1.31. The molecule has 1 fully saturated rings. The normalized spacial score (nSPS) is 15.2. The lowest BCUT2D eigenvalue weighted by molar-refractivity contribution is -0.123. The molecule has 0 radical (unpaired) electrons. The average molecular weight is 337 g/mol. The molecule has 1 aromatic heterocycles. The molecule has 4 rings (SSSR count). The summed E-state index contributed by atoms with van der Waals surface area (Å²) < 4.78 is 13.1. The van der Waals surface area contributed by atoms with Gasteiger partial charge in [0.15, 0.2) is 0 Å². The summed E-state index contributed by atoms with van der Waals surface area (Å²) in [6.07, 6.45) is 3.27. The van der Waals surface area contributed by atoms with E-state index in [1.165, 1.54) is 12.1 Å². The number of nitrogens with one attached hydrogen (secondary N) is 2. The maximum absolute atomic E-state index is 13.1. The molecule has 5 heteroatoms. The molecule has 1 amide bonds. The van der Waals surface area contributed by atoms with Crippen LogP contribution in [-0.2, 0) is 16.6 Å². The molecule has 1 heterocycles. The molecule has 0 unspecified atom stereocenters. The van der Waals surface area contributed by atoms with Crippen molar-refractivity contribution in [1.82, 2.24) is 15.3 Å². The van der Waals surface area contributed by atoms with Gasteiger partial charge in [-0.2, -0.15) is 0 Å². The number of aromatic amines is 1. The van der Waals surface area contributed by atoms with E-state index in [1.54, 1.807) is 12.1 Å². The van der Waals surface area contributed by atoms with Crippen LogP contribution in [0.1, 0.15) is 30.7 Å². The van der Waals surface area contributed by atoms with E-state index in [9.17, 15) is 9.18 Å². The van der Waals surface area contributed by atoms with E-state index in [0.717, 1.165) is 48.1 Å². The third kappa shape index (κ3) is 3.14. The number of hydrogen-bond donors (Lipinski definition) is 2. The van der Waals surface area contributed by atoms with Crippen molar-refractivity contribution < 1.29 is 9.18 Å². The number of imidazole rings is 1. The van der Waals surface area contributed by atoms with Crippen LogP contribution < -0.4 is 5.32 Å². The molecule has 1 aliphatic carbocycles. The second-order valence-corrected chi connectivity index (χ2v) is 6.65. The van der Waals surface area contributed by atoms with E-state index >= 15 is 0 Å². The van der Waals surface area contributed by atoms with E-state index in [1.807, 2.05) is 24.3 Å². The summed E-state index contributed by atoms with van der Waals surface area (Å²) in [5, 5.41) is 3.03. The predicted octanol–water partition coefficient (Wildman–Crippen LogP) is 3.48. The molecule has 0 saturated heterocycles. The minimum atomic E-state index is -0.451. The first-order chi connectivity index (χ1) is 12.2. The molecule has 3 aromatic rings. The number of aryl methyl sites for hydroxylation is 1. The van der Waals surface area contributed by atoms with Crippen LogP contribution in [0.4, 0.5) is 4.39 Å². The number of hydrogen-bond acceptors (Lipinski definition) is 2. The van der Waals surface area contributed by atoms with Crippen LogP contribution >= 0.6 is 0 Å². The quantitative estimate of drug-likeness (QED) is 0.677. The Hall–Kier alpha value is -2.69. The minimum Gasteiger partial charge on any atom is -0.355 e. The zero-order chi connectivity index (χ0) is 17.3. The number of carbonyl (C=O) groups excluding carboxylic acids is 1. The van der Waals surface area contributed by atoms with Gasteiger partial charge in [-0.05, 0) is 49.1 Å². The van der Waals surface area contributed by atoms with Crippen LogP contribution in [0.2, 0.25) is 0 Å². The van der Waals surface area contributed by atoms with Gasteiger partial charge < -0.3 is 10.3 Å². The minimum absolute atomic E-state index is 0.0451. The van der Waals surface area contributed by atoms with Crippen molar-refractivity contribution in [2.24, 2.45) is 0 Å². The molecule has 0 atom stereocenters. The van der Waals surface area contributed by atoms with Crippen LogP contribution in [0.15, 0.2) is 48.5 Å². The van der Waals surface area contributed by atoms with Crippen LogP contribution in [-0.4, -0.2) is 22.4 Å². The highest BCUT2D eigenvalue weighted by molar-refractivity contribution is 5.91. The molecule has 1 aliphatic rings. The molecule has 2 aromatic carbocycles. The highest BCUT2D eigenvalue weighted by Crippen LogP contribution is 2.48. The van der Waals surface area contributed by atoms with Gasteiger partial charge in [0.25, 0.3) is 0 Å². The second-order valence-electron chi connectivity index (χ2n) is 6.65. The SMILES string of the molecule is O=C(NCCCc1nc2ccccc2[nH]1)C1(c2ccc(F)cc2)CC1. The number of para-hydroxylation sites is 2. The summed E-state index contributed by atoms with van der Waals surface area (Å²) in [4.78, 5) is 20.4. The lowest BCUT2D eigenvalue weighted by Gasteiger charge is -2.15. The standard InChI is InChI=1S/C20H20FN3O/c21-15-9-7-14(8-10-15)20(11-12-20)19(25)22-13-3-6-18-23-16-4-1-2-5-17(16)24-18/h1-2,4-5,7-10H,3,6,11-13H2,(H,22,25)(H,23,24). The van der Waals surface area contributed by atoms with Crippen molar-refractivity contribution in [3.8, 4) is 0 Å². The maximum atomic E-state index is 13.1. The Kier molecular flexibility index (Phi) is 3.99. The largest absolute Gasteiger partial charge is 0.355 e. The molecule has 128 valence electrons. The van der Waals surface area contributed by atoms with Gasteiger partial charge in [-0.15, -0.1) is 0 Å². The van der Waals surface area contributed by atoms with Crippen LogP contribution in [0.3, 0.4) is 0 Å². The van der Waals surface area contributed by atoms with Crippen molar-refractivity contribution in [2.75, 3.05) is 6.54 Å². The number of amides is 1. The Bertz CT molecular complexity index is 864. The first kappa shape index (κ1) is 15.8.